The van der Waals surface area contributed by atoms with E-state index in [9.17, 15) is 5.11 Å². The molecule has 0 bridgehead atoms. The maximum Gasteiger partial charge on any atom is 0.0978 e. The lowest BCUT2D eigenvalue weighted by atomic mass is 9.84. The van der Waals surface area contributed by atoms with Crippen molar-refractivity contribution >= 4 is 0 Å². The highest BCUT2D eigenvalue weighted by Crippen LogP contribution is 2.29. The summed E-state index contributed by atoms with van der Waals surface area (Å²) in [5.41, 5.74) is 6.21. The minimum atomic E-state index is -0.716. The summed E-state index contributed by atoms with van der Waals surface area (Å²) in [6.07, 6.45) is 11.3. The van der Waals surface area contributed by atoms with E-state index in [1.54, 1.807) is 0 Å². The summed E-state index contributed by atoms with van der Waals surface area (Å²) in [6.45, 7) is 2.47. The first-order valence-electron chi connectivity index (χ1n) is 6.35. The second kappa shape index (κ2) is 6.29. The molecule has 0 aliphatic heterocycles. The van der Waals surface area contributed by atoms with Crippen LogP contribution in [0.4, 0.5) is 0 Å². The molecule has 88 valence electrons. The van der Waals surface area contributed by atoms with Crippen molar-refractivity contribution in [1.29, 1.82) is 0 Å². The van der Waals surface area contributed by atoms with Crippen LogP contribution in [0.3, 0.4) is 0 Å². The van der Waals surface area contributed by atoms with Crippen molar-refractivity contribution in [1.82, 2.24) is 0 Å². The summed E-state index contributed by atoms with van der Waals surface area (Å²) >= 11 is 0. The van der Waals surface area contributed by atoms with Crippen molar-refractivity contribution in [2.45, 2.75) is 63.9 Å². The third-order valence-electron chi connectivity index (χ3n) is 3.39. The van der Waals surface area contributed by atoms with E-state index >= 15 is 0 Å². The number of allylic oxidation sites excluding steroid dienone is 1. The largest absolute Gasteiger partial charge is 0.384 e. The average molecular weight is 211 g/mol. The van der Waals surface area contributed by atoms with Gasteiger partial charge < -0.3 is 10.8 Å². The first-order chi connectivity index (χ1) is 7.23. The highest BCUT2D eigenvalue weighted by Gasteiger charge is 2.28. The van der Waals surface area contributed by atoms with Crippen LogP contribution in [0, 0.1) is 0 Å². The molecule has 0 aromatic heterocycles. The molecule has 0 aromatic carbocycles. The molecular weight excluding hydrogens is 186 g/mol. The lowest BCUT2D eigenvalue weighted by molar-refractivity contribution is 0.0724. The van der Waals surface area contributed by atoms with Crippen molar-refractivity contribution < 1.29 is 5.11 Å². The van der Waals surface area contributed by atoms with Crippen molar-refractivity contribution in [3.8, 4) is 0 Å². The molecule has 0 amide bonds. The van der Waals surface area contributed by atoms with Crippen LogP contribution >= 0.6 is 0 Å². The molecule has 0 saturated carbocycles. The van der Waals surface area contributed by atoms with Crippen LogP contribution in [0.5, 0.6) is 0 Å². The van der Waals surface area contributed by atoms with E-state index in [1.165, 1.54) is 31.3 Å². The minimum absolute atomic E-state index is 0.368. The predicted molar refractivity (Wildman–Crippen MR) is 64.7 cm³/mol. The zero-order valence-electron chi connectivity index (χ0n) is 9.97. The monoisotopic (exact) mass is 211 g/mol. The van der Waals surface area contributed by atoms with Gasteiger partial charge in [0, 0.05) is 6.54 Å². The number of hydrogen-bond donors (Lipinski definition) is 2. The first kappa shape index (κ1) is 12.7. The van der Waals surface area contributed by atoms with Gasteiger partial charge >= 0.3 is 0 Å². The lowest BCUT2D eigenvalue weighted by Crippen LogP contribution is -2.39. The van der Waals surface area contributed by atoms with Gasteiger partial charge in [0.2, 0.25) is 0 Å². The molecule has 15 heavy (non-hydrogen) atoms. The summed E-state index contributed by atoms with van der Waals surface area (Å²) in [5, 5.41) is 10.5. The fraction of sp³-hybridized carbons (Fsp3) is 0.846. The molecule has 0 fully saturated rings. The van der Waals surface area contributed by atoms with Crippen molar-refractivity contribution in [3.05, 3.63) is 11.6 Å². The van der Waals surface area contributed by atoms with Gasteiger partial charge in [-0.25, -0.2) is 0 Å². The molecule has 0 radical (unpaired) electrons. The zero-order valence-corrected chi connectivity index (χ0v) is 9.97. The van der Waals surface area contributed by atoms with Gasteiger partial charge in [0.15, 0.2) is 0 Å². The Balaban J connectivity index is 2.70. The number of rotatable bonds is 4. The van der Waals surface area contributed by atoms with Crippen molar-refractivity contribution in [3.63, 3.8) is 0 Å². The molecule has 2 nitrogen and oxygen atoms in total. The number of aliphatic hydroxyl groups is 1. The SMILES string of the molecule is CCCC(O)(CN)C1=CCCCCCC1. The molecule has 1 aliphatic rings. The third kappa shape index (κ3) is 3.62. The summed E-state index contributed by atoms with van der Waals surface area (Å²) in [7, 11) is 0. The number of nitrogens with two attached hydrogens (primary N) is 1. The second-order valence-electron chi connectivity index (χ2n) is 4.67. The maximum absolute atomic E-state index is 10.5. The zero-order chi connectivity index (χ0) is 11.1. The quantitative estimate of drug-likeness (QED) is 0.702. The normalized spacial score (nSPS) is 22.5. The Morgan fingerprint density at radius 1 is 1.33 bits per heavy atom. The van der Waals surface area contributed by atoms with Gasteiger partial charge in [-0.15, -0.1) is 0 Å². The topological polar surface area (TPSA) is 46.2 Å². The van der Waals surface area contributed by atoms with Crippen LogP contribution < -0.4 is 5.73 Å². The Kier molecular flexibility index (Phi) is 5.34. The molecule has 0 saturated heterocycles. The van der Waals surface area contributed by atoms with Crippen molar-refractivity contribution in [2.24, 2.45) is 5.73 Å². The van der Waals surface area contributed by atoms with E-state index in [1.807, 2.05) is 0 Å². The van der Waals surface area contributed by atoms with Crippen LogP contribution in [0.15, 0.2) is 11.6 Å². The van der Waals surface area contributed by atoms with E-state index in [0.29, 0.717) is 6.54 Å². The Labute approximate surface area is 93.6 Å². The molecule has 3 N–H and O–H groups in total. The van der Waals surface area contributed by atoms with Crippen LogP contribution in [0.2, 0.25) is 0 Å². The Morgan fingerprint density at radius 3 is 2.73 bits per heavy atom. The van der Waals surface area contributed by atoms with Crippen molar-refractivity contribution in [2.75, 3.05) is 6.54 Å². The van der Waals surface area contributed by atoms with Crippen LogP contribution in [0.25, 0.3) is 0 Å². The van der Waals surface area contributed by atoms with Crippen LogP contribution in [-0.2, 0) is 0 Å². The fourth-order valence-corrected chi connectivity index (χ4v) is 2.42. The van der Waals surface area contributed by atoms with Crippen LogP contribution in [-0.4, -0.2) is 17.3 Å². The molecule has 0 spiro atoms. The van der Waals surface area contributed by atoms with E-state index in [4.69, 9.17) is 5.73 Å². The molecule has 1 unspecified atom stereocenters. The first-order valence-corrected chi connectivity index (χ1v) is 6.35. The molecule has 0 heterocycles. The van der Waals surface area contributed by atoms with Gasteiger partial charge in [0.25, 0.3) is 0 Å². The standard InChI is InChI=1S/C13H25NO/c1-2-10-13(15,11-14)12-8-6-4-3-5-7-9-12/h8,15H,2-7,9-11,14H2,1H3. The van der Waals surface area contributed by atoms with Gasteiger partial charge in [-0.3, -0.25) is 0 Å². The van der Waals surface area contributed by atoms with E-state index in [0.717, 1.165) is 25.7 Å². The van der Waals surface area contributed by atoms with Gasteiger partial charge in [-0.05, 0) is 37.7 Å². The van der Waals surface area contributed by atoms with Gasteiger partial charge in [0.1, 0.15) is 0 Å². The highest BCUT2D eigenvalue weighted by atomic mass is 16.3. The average Bonchev–Trinajstić information content (AvgIpc) is 2.17. The molecule has 1 atom stereocenters. The minimum Gasteiger partial charge on any atom is -0.384 e. The summed E-state index contributed by atoms with van der Waals surface area (Å²) in [6, 6.07) is 0. The maximum atomic E-state index is 10.5. The number of hydrogen-bond acceptors (Lipinski definition) is 2. The van der Waals surface area contributed by atoms with Gasteiger partial charge in [-0.2, -0.15) is 0 Å². The molecular formula is C13H25NO. The Bertz CT molecular complexity index is 213. The second-order valence-corrected chi connectivity index (χ2v) is 4.67. The van der Waals surface area contributed by atoms with E-state index < -0.39 is 5.60 Å². The Morgan fingerprint density at radius 2 is 2.07 bits per heavy atom. The summed E-state index contributed by atoms with van der Waals surface area (Å²) in [4.78, 5) is 0. The molecule has 0 aromatic rings. The molecule has 1 aliphatic carbocycles. The third-order valence-corrected chi connectivity index (χ3v) is 3.39. The molecule has 2 heteroatoms. The smallest absolute Gasteiger partial charge is 0.0978 e. The van der Waals surface area contributed by atoms with Gasteiger partial charge in [0.05, 0.1) is 5.60 Å². The Hall–Kier alpha value is -0.340. The summed E-state index contributed by atoms with van der Waals surface area (Å²) in [5.74, 6) is 0. The van der Waals surface area contributed by atoms with Crippen LogP contribution in [0.1, 0.15) is 58.3 Å². The highest BCUT2D eigenvalue weighted by molar-refractivity contribution is 5.18. The molecule has 1 rings (SSSR count). The van der Waals surface area contributed by atoms with E-state index in [2.05, 4.69) is 13.0 Å². The fourth-order valence-electron chi connectivity index (χ4n) is 2.42. The lowest BCUT2D eigenvalue weighted by Gasteiger charge is -2.30. The predicted octanol–water partition coefficient (Wildman–Crippen LogP) is 2.76. The summed E-state index contributed by atoms with van der Waals surface area (Å²) < 4.78 is 0. The van der Waals surface area contributed by atoms with Gasteiger partial charge in [-0.1, -0.05) is 32.3 Å². The van der Waals surface area contributed by atoms with E-state index in [-0.39, 0.29) is 0 Å².